The molecule has 0 saturated carbocycles. The lowest BCUT2D eigenvalue weighted by molar-refractivity contribution is -0.117. The van der Waals surface area contributed by atoms with Crippen molar-refractivity contribution in [2.45, 2.75) is 25.5 Å². The molecule has 6 heteroatoms. The molecule has 4 rings (SSSR count). The summed E-state index contributed by atoms with van der Waals surface area (Å²) in [6.07, 6.45) is 3.78. The molecule has 2 heterocycles. The smallest absolute Gasteiger partial charge is 0.238 e. The van der Waals surface area contributed by atoms with E-state index >= 15 is 0 Å². The van der Waals surface area contributed by atoms with Gasteiger partial charge in [-0.25, -0.2) is 0 Å². The maximum atomic E-state index is 12.9. The van der Waals surface area contributed by atoms with E-state index in [9.17, 15) is 9.59 Å². The second-order valence-electron chi connectivity index (χ2n) is 7.67. The van der Waals surface area contributed by atoms with Gasteiger partial charge in [-0.15, -0.1) is 0 Å². The number of carbonyl (C=O) groups is 2. The van der Waals surface area contributed by atoms with Crippen molar-refractivity contribution in [1.29, 1.82) is 0 Å². The molecule has 1 saturated heterocycles. The number of furan rings is 1. The van der Waals surface area contributed by atoms with Crippen molar-refractivity contribution in [2.24, 2.45) is 0 Å². The molecule has 160 valence electrons. The number of nitrogens with one attached hydrogen (secondary N) is 1. The van der Waals surface area contributed by atoms with Crippen LogP contribution < -0.4 is 5.32 Å². The van der Waals surface area contributed by atoms with E-state index in [0.29, 0.717) is 29.9 Å². The van der Waals surface area contributed by atoms with Crippen LogP contribution in [0, 0.1) is 0 Å². The van der Waals surface area contributed by atoms with Gasteiger partial charge in [0, 0.05) is 24.3 Å². The fraction of sp³-hybridized carbons (Fsp3) is 0.280. The average Bonchev–Trinajstić information content (AvgIpc) is 3.49. The molecule has 3 aromatic rings. The number of nitrogens with zero attached hydrogens (tertiary/aromatic N) is 1. The van der Waals surface area contributed by atoms with Gasteiger partial charge >= 0.3 is 0 Å². The number of amides is 1. The molecule has 0 spiro atoms. The molecule has 1 amide bonds. The third kappa shape index (κ3) is 5.69. The van der Waals surface area contributed by atoms with E-state index in [0.717, 1.165) is 25.2 Å². The maximum absolute atomic E-state index is 12.9. The molecule has 6 nitrogen and oxygen atoms in total. The summed E-state index contributed by atoms with van der Waals surface area (Å²) >= 11 is 0. The third-order valence-electron chi connectivity index (χ3n) is 5.29. The Morgan fingerprint density at radius 3 is 2.55 bits per heavy atom. The first kappa shape index (κ1) is 21.0. The number of benzene rings is 2. The number of para-hydroxylation sites is 1. The molecule has 1 N–H and O–H groups in total. The van der Waals surface area contributed by atoms with Crippen LogP contribution in [0.2, 0.25) is 0 Å². The van der Waals surface area contributed by atoms with Gasteiger partial charge in [0.15, 0.2) is 5.78 Å². The van der Waals surface area contributed by atoms with Crippen LogP contribution in [-0.4, -0.2) is 42.4 Å². The van der Waals surface area contributed by atoms with Crippen molar-refractivity contribution < 1.29 is 18.7 Å². The lowest BCUT2D eigenvalue weighted by Crippen LogP contribution is -2.38. The second-order valence-corrected chi connectivity index (χ2v) is 7.67. The number of anilines is 1. The van der Waals surface area contributed by atoms with Crippen LogP contribution in [0.1, 0.15) is 34.5 Å². The largest absolute Gasteiger partial charge is 0.468 e. The van der Waals surface area contributed by atoms with Gasteiger partial charge in [-0.05, 0) is 37.1 Å². The summed E-state index contributed by atoms with van der Waals surface area (Å²) in [5.41, 5.74) is 1.57. The van der Waals surface area contributed by atoms with E-state index in [2.05, 4.69) is 5.32 Å². The Bertz CT molecular complexity index is 995. The van der Waals surface area contributed by atoms with Crippen molar-refractivity contribution in [2.75, 3.05) is 25.0 Å². The fourth-order valence-corrected chi connectivity index (χ4v) is 3.81. The van der Waals surface area contributed by atoms with Gasteiger partial charge in [-0.2, -0.15) is 0 Å². The van der Waals surface area contributed by atoms with Crippen molar-refractivity contribution in [3.63, 3.8) is 0 Å². The number of ketones is 1. The van der Waals surface area contributed by atoms with Crippen LogP contribution >= 0.6 is 0 Å². The average molecular weight is 418 g/mol. The van der Waals surface area contributed by atoms with Gasteiger partial charge in [-0.1, -0.05) is 42.5 Å². The number of carbonyl (C=O) groups excluding carboxylic acids is 2. The molecule has 0 aliphatic carbocycles. The highest BCUT2D eigenvalue weighted by molar-refractivity contribution is 6.13. The monoisotopic (exact) mass is 418 g/mol. The zero-order valence-corrected chi connectivity index (χ0v) is 17.3. The van der Waals surface area contributed by atoms with Crippen LogP contribution in [0.4, 0.5) is 5.69 Å². The van der Waals surface area contributed by atoms with Gasteiger partial charge in [0.05, 0.1) is 31.1 Å². The zero-order valence-electron chi connectivity index (χ0n) is 17.3. The highest BCUT2D eigenvalue weighted by Gasteiger charge is 2.22. The predicted molar refractivity (Wildman–Crippen MR) is 118 cm³/mol. The Kier molecular flexibility index (Phi) is 6.92. The quantitative estimate of drug-likeness (QED) is 0.529. The van der Waals surface area contributed by atoms with Crippen LogP contribution in [0.15, 0.2) is 77.4 Å². The van der Waals surface area contributed by atoms with Gasteiger partial charge in [-0.3, -0.25) is 14.5 Å². The summed E-state index contributed by atoms with van der Waals surface area (Å²) in [6.45, 7) is 2.11. The lowest BCUT2D eigenvalue weighted by atomic mass is 10.0. The summed E-state index contributed by atoms with van der Waals surface area (Å²) in [4.78, 5) is 27.8. The van der Waals surface area contributed by atoms with E-state index in [-0.39, 0.29) is 24.3 Å². The third-order valence-corrected chi connectivity index (χ3v) is 5.29. The molecule has 1 unspecified atom stereocenters. The molecule has 31 heavy (non-hydrogen) atoms. The first-order valence-electron chi connectivity index (χ1n) is 10.5. The van der Waals surface area contributed by atoms with Gasteiger partial charge in [0.2, 0.25) is 5.91 Å². The Morgan fingerprint density at radius 2 is 1.81 bits per heavy atom. The minimum atomic E-state index is -0.183. The zero-order chi connectivity index (χ0) is 21.5. The molecule has 1 aliphatic rings. The van der Waals surface area contributed by atoms with E-state index < -0.39 is 0 Å². The molecular formula is C25H26N2O4. The lowest BCUT2D eigenvalue weighted by Gasteiger charge is -2.24. The van der Waals surface area contributed by atoms with E-state index in [1.807, 2.05) is 41.3 Å². The van der Waals surface area contributed by atoms with Gasteiger partial charge in [0.1, 0.15) is 5.76 Å². The Labute approximate surface area is 181 Å². The van der Waals surface area contributed by atoms with Crippen molar-refractivity contribution in [3.05, 3.63) is 89.9 Å². The van der Waals surface area contributed by atoms with Crippen molar-refractivity contribution in [3.8, 4) is 0 Å². The Hall–Kier alpha value is -3.22. The Morgan fingerprint density at radius 1 is 1.00 bits per heavy atom. The normalized spacial score (nSPS) is 15.8. The van der Waals surface area contributed by atoms with E-state index in [1.165, 1.54) is 0 Å². The number of hydrogen-bond donors (Lipinski definition) is 1. The summed E-state index contributed by atoms with van der Waals surface area (Å²) in [7, 11) is 0. The summed E-state index contributed by atoms with van der Waals surface area (Å²) in [5.74, 6) is 0.492. The van der Waals surface area contributed by atoms with Crippen molar-refractivity contribution >= 4 is 17.4 Å². The maximum Gasteiger partial charge on any atom is 0.238 e. The topological polar surface area (TPSA) is 71.8 Å². The van der Waals surface area contributed by atoms with E-state index in [4.69, 9.17) is 9.15 Å². The van der Waals surface area contributed by atoms with Crippen molar-refractivity contribution in [1.82, 2.24) is 4.90 Å². The summed E-state index contributed by atoms with van der Waals surface area (Å²) < 4.78 is 11.2. The highest BCUT2D eigenvalue weighted by Crippen LogP contribution is 2.20. The fourth-order valence-electron chi connectivity index (χ4n) is 3.81. The summed E-state index contributed by atoms with van der Waals surface area (Å²) in [6, 6.07) is 19.9. The van der Waals surface area contributed by atoms with Gasteiger partial charge in [0.25, 0.3) is 0 Å². The predicted octanol–water partition coefficient (Wildman–Crippen LogP) is 4.13. The van der Waals surface area contributed by atoms with Crippen LogP contribution in [0.3, 0.4) is 0 Å². The van der Waals surface area contributed by atoms with Crippen LogP contribution in [-0.2, 0) is 16.1 Å². The molecule has 1 atom stereocenters. The summed E-state index contributed by atoms with van der Waals surface area (Å²) in [5, 5.41) is 2.92. The highest BCUT2D eigenvalue weighted by atomic mass is 16.5. The van der Waals surface area contributed by atoms with Gasteiger partial charge < -0.3 is 14.5 Å². The Balaban J connectivity index is 1.45. The SMILES string of the molecule is O=C(CN(Cc1ccco1)CC1CCCO1)Nc1ccccc1C(=O)c1ccccc1. The molecule has 0 bridgehead atoms. The first-order chi connectivity index (χ1) is 15.2. The molecule has 1 aromatic heterocycles. The molecule has 2 aromatic carbocycles. The number of rotatable bonds is 9. The minimum absolute atomic E-state index is 0.120. The standard InChI is InChI=1S/C25H26N2O4/c28-24(18-27(16-20-10-6-14-30-20)17-21-11-7-15-31-21)26-23-13-5-4-12-22(23)25(29)19-8-2-1-3-9-19/h1-6,8-10,12-14,21H,7,11,15-18H2,(H,26,28). The van der Waals surface area contributed by atoms with Crippen LogP contribution in [0.25, 0.3) is 0 Å². The van der Waals surface area contributed by atoms with Crippen LogP contribution in [0.5, 0.6) is 0 Å². The number of ether oxygens (including phenoxy) is 1. The number of hydrogen-bond acceptors (Lipinski definition) is 5. The molecule has 1 aliphatic heterocycles. The second kappa shape index (κ2) is 10.2. The van der Waals surface area contributed by atoms with E-state index in [1.54, 1.807) is 36.6 Å². The first-order valence-corrected chi connectivity index (χ1v) is 10.5. The molecule has 1 fully saturated rings. The minimum Gasteiger partial charge on any atom is -0.468 e. The molecular weight excluding hydrogens is 392 g/mol. The molecule has 0 radical (unpaired) electrons.